The highest BCUT2D eigenvalue weighted by molar-refractivity contribution is 9.10. The quantitative estimate of drug-likeness (QED) is 0.924. The van der Waals surface area contributed by atoms with Gasteiger partial charge in [-0.15, -0.1) is 0 Å². The molecule has 0 aliphatic rings. The molecule has 1 aromatic rings. The van der Waals surface area contributed by atoms with Crippen molar-refractivity contribution in [1.82, 2.24) is 0 Å². The van der Waals surface area contributed by atoms with Crippen molar-refractivity contribution < 1.29 is 19.0 Å². The first-order valence-electron chi connectivity index (χ1n) is 4.23. The number of carbonyl (C=O) groups is 1. The first-order chi connectivity index (χ1) is 6.97. The Morgan fingerprint density at radius 1 is 1.60 bits per heavy atom. The Morgan fingerprint density at radius 2 is 2.20 bits per heavy atom. The van der Waals surface area contributed by atoms with Crippen LogP contribution in [0.4, 0.5) is 4.39 Å². The van der Waals surface area contributed by atoms with Gasteiger partial charge < -0.3 is 9.84 Å². The van der Waals surface area contributed by atoms with Crippen molar-refractivity contribution in [2.75, 3.05) is 7.11 Å². The summed E-state index contributed by atoms with van der Waals surface area (Å²) in [4.78, 5) is 10.7. The van der Waals surface area contributed by atoms with E-state index in [0.717, 1.165) is 0 Å². The lowest BCUT2D eigenvalue weighted by molar-refractivity contribution is -0.138. The van der Waals surface area contributed by atoms with Gasteiger partial charge in [0.15, 0.2) is 11.6 Å². The van der Waals surface area contributed by atoms with E-state index in [0.29, 0.717) is 4.47 Å². The van der Waals surface area contributed by atoms with Crippen LogP contribution in [0.25, 0.3) is 0 Å². The summed E-state index contributed by atoms with van der Waals surface area (Å²) in [7, 11) is 1.33. The SMILES string of the molecule is COc1cc(Br)cc(C(C)C(=O)O)c1F. The van der Waals surface area contributed by atoms with E-state index in [9.17, 15) is 9.18 Å². The first kappa shape index (κ1) is 12.0. The second-order valence-electron chi connectivity index (χ2n) is 3.07. The zero-order valence-corrected chi connectivity index (χ0v) is 9.84. The molecule has 0 spiro atoms. The molecule has 0 saturated carbocycles. The summed E-state index contributed by atoms with van der Waals surface area (Å²) in [6.07, 6.45) is 0. The molecule has 1 rings (SSSR count). The largest absolute Gasteiger partial charge is 0.494 e. The molecule has 0 aliphatic heterocycles. The van der Waals surface area contributed by atoms with Crippen molar-refractivity contribution in [3.8, 4) is 5.75 Å². The van der Waals surface area contributed by atoms with Crippen LogP contribution >= 0.6 is 15.9 Å². The molecule has 1 aromatic carbocycles. The number of ether oxygens (including phenoxy) is 1. The number of hydrogen-bond acceptors (Lipinski definition) is 2. The van der Waals surface area contributed by atoms with E-state index in [1.165, 1.54) is 26.2 Å². The van der Waals surface area contributed by atoms with Gasteiger partial charge in [-0.3, -0.25) is 4.79 Å². The van der Waals surface area contributed by atoms with Gasteiger partial charge >= 0.3 is 5.97 Å². The second kappa shape index (κ2) is 4.61. The average molecular weight is 277 g/mol. The summed E-state index contributed by atoms with van der Waals surface area (Å²) in [5.41, 5.74) is 0.105. The minimum Gasteiger partial charge on any atom is -0.494 e. The highest BCUT2D eigenvalue weighted by Crippen LogP contribution is 2.30. The highest BCUT2D eigenvalue weighted by atomic mass is 79.9. The molecule has 15 heavy (non-hydrogen) atoms. The van der Waals surface area contributed by atoms with Crippen LogP contribution in [-0.2, 0) is 4.79 Å². The Labute approximate surface area is 95.0 Å². The fourth-order valence-corrected chi connectivity index (χ4v) is 1.64. The van der Waals surface area contributed by atoms with Gasteiger partial charge in [0.2, 0.25) is 0 Å². The van der Waals surface area contributed by atoms with E-state index in [4.69, 9.17) is 9.84 Å². The molecule has 0 aliphatic carbocycles. The first-order valence-corrected chi connectivity index (χ1v) is 5.02. The zero-order chi connectivity index (χ0) is 11.6. The summed E-state index contributed by atoms with van der Waals surface area (Å²) in [5.74, 6) is -2.58. The van der Waals surface area contributed by atoms with Gasteiger partial charge in [0.1, 0.15) is 0 Å². The molecule has 82 valence electrons. The van der Waals surface area contributed by atoms with E-state index >= 15 is 0 Å². The fraction of sp³-hybridized carbons (Fsp3) is 0.300. The van der Waals surface area contributed by atoms with Crippen molar-refractivity contribution in [2.45, 2.75) is 12.8 Å². The number of aliphatic carboxylic acids is 1. The van der Waals surface area contributed by atoms with Crippen LogP contribution < -0.4 is 4.74 Å². The predicted molar refractivity (Wildman–Crippen MR) is 56.7 cm³/mol. The molecule has 0 saturated heterocycles. The number of rotatable bonds is 3. The molecule has 0 bridgehead atoms. The third-order valence-corrected chi connectivity index (χ3v) is 2.55. The molecule has 0 aromatic heterocycles. The third kappa shape index (κ3) is 2.47. The lowest BCUT2D eigenvalue weighted by Gasteiger charge is -2.11. The maximum atomic E-state index is 13.7. The molecule has 3 nitrogen and oxygen atoms in total. The van der Waals surface area contributed by atoms with Gasteiger partial charge in [-0.2, -0.15) is 0 Å². The Kier molecular flexibility index (Phi) is 3.68. The van der Waals surface area contributed by atoms with Gasteiger partial charge in [0.05, 0.1) is 13.0 Å². The van der Waals surface area contributed by atoms with Crippen LogP contribution in [0.5, 0.6) is 5.75 Å². The van der Waals surface area contributed by atoms with Crippen LogP contribution in [0.2, 0.25) is 0 Å². The number of halogens is 2. The number of benzene rings is 1. The maximum absolute atomic E-state index is 13.7. The van der Waals surface area contributed by atoms with Crippen molar-refractivity contribution in [1.29, 1.82) is 0 Å². The van der Waals surface area contributed by atoms with Gasteiger partial charge in [0, 0.05) is 10.0 Å². The smallest absolute Gasteiger partial charge is 0.310 e. The van der Waals surface area contributed by atoms with Gasteiger partial charge in [-0.25, -0.2) is 4.39 Å². The fourth-order valence-electron chi connectivity index (χ4n) is 1.18. The topological polar surface area (TPSA) is 46.5 Å². The van der Waals surface area contributed by atoms with Crippen LogP contribution in [0, 0.1) is 5.82 Å². The lowest BCUT2D eigenvalue weighted by atomic mass is 10.0. The van der Waals surface area contributed by atoms with Gasteiger partial charge in [0.25, 0.3) is 0 Å². The van der Waals surface area contributed by atoms with Crippen molar-refractivity contribution in [3.63, 3.8) is 0 Å². The number of carboxylic acids is 1. The number of methoxy groups -OCH3 is 1. The summed E-state index contributed by atoms with van der Waals surface area (Å²) in [5, 5.41) is 8.79. The third-order valence-electron chi connectivity index (χ3n) is 2.09. The molecule has 0 radical (unpaired) electrons. The Hall–Kier alpha value is -1.10. The van der Waals surface area contributed by atoms with Crippen LogP contribution in [0.3, 0.4) is 0 Å². The van der Waals surface area contributed by atoms with Gasteiger partial charge in [-0.1, -0.05) is 15.9 Å². The van der Waals surface area contributed by atoms with Crippen molar-refractivity contribution >= 4 is 21.9 Å². The standard InChI is InChI=1S/C10H10BrFO3/c1-5(10(13)14)7-3-6(11)4-8(15-2)9(7)12/h3-5H,1-2H3,(H,13,14). The molecular formula is C10H10BrFO3. The molecule has 5 heteroatoms. The van der Waals surface area contributed by atoms with Crippen LogP contribution in [0.15, 0.2) is 16.6 Å². The van der Waals surface area contributed by atoms with Crippen LogP contribution in [0.1, 0.15) is 18.4 Å². The molecule has 1 N–H and O–H groups in total. The van der Waals surface area contributed by atoms with E-state index < -0.39 is 17.7 Å². The summed E-state index contributed by atoms with van der Waals surface area (Å²) in [6.45, 7) is 1.42. The summed E-state index contributed by atoms with van der Waals surface area (Å²) in [6, 6.07) is 2.89. The summed E-state index contributed by atoms with van der Waals surface area (Å²) < 4.78 is 19.0. The molecule has 1 unspecified atom stereocenters. The predicted octanol–water partition coefficient (Wildman–Crippen LogP) is 2.78. The maximum Gasteiger partial charge on any atom is 0.310 e. The Balaban J connectivity index is 3.28. The van der Waals surface area contributed by atoms with E-state index in [1.54, 1.807) is 0 Å². The minimum atomic E-state index is -1.07. The minimum absolute atomic E-state index is 0.0347. The van der Waals surface area contributed by atoms with E-state index in [1.807, 2.05) is 0 Å². The Bertz CT molecular complexity index is 392. The molecule has 0 fully saturated rings. The summed E-state index contributed by atoms with van der Waals surface area (Å²) >= 11 is 3.17. The number of carboxylic acid groups (broad SMARTS) is 1. The monoisotopic (exact) mass is 276 g/mol. The molecular weight excluding hydrogens is 267 g/mol. The van der Waals surface area contributed by atoms with Crippen molar-refractivity contribution in [3.05, 3.63) is 28.0 Å². The highest BCUT2D eigenvalue weighted by Gasteiger charge is 2.21. The van der Waals surface area contributed by atoms with E-state index in [-0.39, 0.29) is 11.3 Å². The normalized spacial score (nSPS) is 12.3. The number of hydrogen-bond donors (Lipinski definition) is 1. The Morgan fingerprint density at radius 3 is 2.67 bits per heavy atom. The second-order valence-corrected chi connectivity index (χ2v) is 3.99. The zero-order valence-electron chi connectivity index (χ0n) is 8.25. The molecule has 0 amide bonds. The van der Waals surface area contributed by atoms with Gasteiger partial charge in [-0.05, 0) is 19.1 Å². The lowest BCUT2D eigenvalue weighted by Crippen LogP contribution is -2.10. The molecule has 1 atom stereocenters. The molecule has 0 heterocycles. The van der Waals surface area contributed by atoms with Crippen molar-refractivity contribution in [2.24, 2.45) is 0 Å². The average Bonchev–Trinajstić information content (AvgIpc) is 2.19. The van der Waals surface area contributed by atoms with E-state index in [2.05, 4.69) is 15.9 Å². The van der Waals surface area contributed by atoms with Crippen LogP contribution in [-0.4, -0.2) is 18.2 Å².